The number of thiophene rings is 1. The van der Waals surface area contributed by atoms with Gasteiger partial charge in [-0.2, -0.15) is 0 Å². The maximum atomic E-state index is 12.0. The topological polar surface area (TPSA) is 66.4 Å². The minimum absolute atomic E-state index is 0.0722. The summed E-state index contributed by atoms with van der Waals surface area (Å²) in [4.78, 5) is 0. The van der Waals surface area contributed by atoms with E-state index in [4.69, 9.17) is 5.11 Å². The van der Waals surface area contributed by atoms with Gasteiger partial charge in [0.25, 0.3) is 0 Å². The van der Waals surface area contributed by atoms with Gasteiger partial charge >= 0.3 is 0 Å². The highest BCUT2D eigenvalue weighted by Crippen LogP contribution is 2.21. The summed E-state index contributed by atoms with van der Waals surface area (Å²) < 4.78 is 27.0. The molecule has 2 N–H and O–H groups in total. The van der Waals surface area contributed by atoms with E-state index >= 15 is 0 Å². The van der Waals surface area contributed by atoms with Gasteiger partial charge in [-0.1, -0.05) is 13.8 Å². The molecule has 0 aliphatic carbocycles. The minimum atomic E-state index is -3.44. The average molecular weight is 291 g/mol. The van der Waals surface area contributed by atoms with E-state index in [1.54, 1.807) is 5.38 Å². The van der Waals surface area contributed by atoms with Crippen molar-refractivity contribution in [3.05, 3.63) is 17.0 Å². The molecule has 4 nitrogen and oxygen atoms in total. The first-order valence-corrected chi connectivity index (χ1v) is 8.42. The van der Waals surface area contributed by atoms with Gasteiger partial charge < -0.3 is 5.11 Å². The maximum absolute atomic E-state index is 12.0. The summed E-state index contributed by atoms with van der Waals surface area (Å²) in [5.41, 5.74) is 0.634. The van der Waals surface area contributed by atoms with Crippen LogP contribution in [0.1, 0.15) is 39.2 Å². The van der Waals surface area contributed by atoms with Gasteiger partial charge in [-0.05, 0) is 42.7 Å². The molecule has 1 unspecified atom stereocenters. The van der Waals surface area contributed by atoms with E-state index in [0.717, 1.165) is 24.2 Å². The first-order chi connectivity index (χ1) is 8.35. The van der Waals surface area contributed by atoms with Crippen molar-refractivity contribution >= 4 is 21.4 Å². The lowest BCUT2D eigenvalue weighted by Gasteiger charge is -2.14. The van der Waals surface area contributed by atoms with Gasteiger partial charge in [0.05, 0.1) is 6.61 Å². The summed E-state index contributed by atoms with van der Waals surface area (Å²) in [6.07, 6.45) is 1.82. The van der Waals surface area contributed by atoms with E-state index in [9.17, 15) is 8.42 Å². The lowest BCUT2D eigenvalue weighted by Crippen LogP contribution is -2.32. The predicted octanol–water partition coefficient (Wildman–Crippen LogP) is 2.34. The smallest absolute Gasteiger partial charge is 0.250 e. The van der Waals surface area contributed by atoms with Crippen molar-refractivity contribution in [1.82, 2.24) is 4.72 Å². The van der Waals surface area contributed by atoms with Crippen LogP contribution in [0, 0.1) is 5.92 Å². The summed E-state index contributed by atoms with van der Waals surface area (Å²) >= 11 is 1.14. The molecule has 1 aromatic heterocycles. The number of hydrogen-bond donors (Lipinski definition) is 2. The van der Waals surface area contributed by atoms with Gasteiger partial charge in [-0.15, -0.1) is 11.3 Å². The first-order valence-electron chi connectivity index (χ1n) is 6.05. The Kier molecular flexibility index (Phi) is 5.78. The second-order valence-corrected chi connectivity index (χ2v) is 7.78. The molecule has 1 rings (SSSR count). The van der Waals surface area contributed by atoms with E-state index in [0.29, 0.717) is 11.5 Å². The van der Waals surface area contributed by atoms with E-state index in [-0.39, 0.29) is 16.9 Å². The van der Waals surface area contributed by atoms with Crippen LogP contribution in [0.4, 0.5) is 0 Å². The third-order valence-corrected chi connectivity index (χ3v) is 5.69. The third-order valence-electron chi connectivity index (χ3n) is 2.61. The van der Waals surface area contributed by atoms with Crippen LogP contribution < -0.4 is 4.72 Å². The fourth-order valence-corrected chi connectivity index (χ4v) is 4.04. The van der Waals surface area contributed by atoms with Crippen molar-refractivity contribution in [3.63, 3.8) is 0 Å². The molecule has 0 bridgehead atoms. The van der Waals surface area contributed by atoms with Crippen molar-refractivity contribution in [2.75, 3.05) is 0 Å². The van der Waals surface area contributed by atoms with Crippen LogP contribution in [0.3, 0.4) is 0 Å². The summed E-state index contributed by atoms with van der Waals surface area (Å²) in [6.45, 7) is 5.98. The summed E-state index contributed by atoms with van der Waals surface area (Å²) in [5, 5.41) is 10.6. The Morgan fingerprint density at radius 1 is 1.33 bits per heavy atom. The van der Waals surface area contributed by atoms with E-state index in [1.165, 1.54) is 6.07 Å². The monoisotopic (exact) mass is 291 g/mol. The number of aliphatic hydroxyl groups is 1. The molecule has 0 aliphatic heterocycles. The predicted molar refractivity (Wildman–Crippen MR) is 74.1 cm³/mol. The van der Waals surface area contributed by atoms with Crippen molar-refractivity contribution in [3.8, 4) is 0 Å². The van der Waals surface area contributed by atoms with E-state index in [1.807, 2.05) is 6.92 Å². The number of nitrogens with one attached hydrogen (secondary N) is 1. The zero-order chi connectivity index (χ0) is 13.8. The van der Waals surface area contributed by atoms with E-state index in [2.05, 4.69) is 18.6 Å². The summed E-state index contributed by atoms with van der Waals surface area (Å²) in [6, 6.07) is 1.44. The third kappa shape index (κ3) is 4.68. The highest BCUT2D eigenvalue weighted by molar-refractivity contribution is 7.91. The standard InChI is InChI=1S/C12H21NO3S2/c1-9(2)4-5-10(3)13-18(15,16)12-6-11(7-14)8-17-12/h6,8-10,13-14H,4-5,7H2,1-3H3. The van der Waals surface area contributed by atoms with Gasteiger partial charge in [0.15, 0.2) is 0 Å². The average Bonchev–Trinajstić information content (AvgIpc) is 2.75. The molecule has 0 radical (unpaired) electrons. The number of rotatable bonds is 7. The highest BCUT2D eigenvalue weighted by Gasteiger charge is 2.19. The molecule has 0 saturated carbocycles. The Labute approximate surface area is 113 Å². The molecule has 1 atom stereocenters. The maximum Gasteiger partial charge on any atom is 0.250 e. The Bertz CT molecular complexity index is 465. The molecule has 6 heteroatoms. The second kappa shape index (κ2) is 6.65. The molecule has 104 valence electrons. The Hall–Kier alpha value is -0.430. The van der Waals surface area contributed by atoms with Gasteiger partial charge in [0.1, 0.15) is 4.21 Å². The molecule has 0 amide bonds. The van der Waals surface area contributed by atoms with Gasteiger partial charge in [0, 0.05) is 6.04 Å². The zero-order valence-corrected chi connectivity index (χ0v) is 12.6. The molecule has 18 heavy (non-hydrogen) atoms. The quantitative estimate of drug-likeness (QED) is 0.810. The van der Waals surface area contributed by atoms with Crippen LogP contribution in [0.15, 0.2) is 15.7 Å². The fraction of sp³-hybridized carbons (Fsp3) is 0.667. The number of sulfonamides is 1. The molecule has 1 aromatic rings. The molecule has 0 fully saturated rings. The SMILES string of the molecule is CC(C)CCC(C)NS(=O)(=O)c1cc(CO)cs1. The fourth-order valence-electron chi connectivity index (χ4n) is 1.54. The largest absolute Gasteiger partial charge is 0.392 e. The molecular weight excluding hydrogens is 270 g/mol. The first kappa shape index (κ1) is 15.6. The van der Waals surface area contributed by atoms with Crippen LogP contribution >= 0.6 is 11.3 Å². The van der Waals surface area contributed by atoms with E-state index < -0.39 is 10.0 Å². The normalized spacial score (nSPS) is 14.1. The molecule has 0 saturated heterocycles. The van der Waals surface area contributed by atoms with Crippen LogP contribution in [0.25, 0.3) is 0 Å². The minimum Gasteiger partial charge on any atom is -0.392 e. The van der Waals surface area contributed by atoms with Crippen LogP contribution in [-0.4, -0.2) is 19.6 Å². The number of aliphatic hydroxyl groups excluding tert-OH is 1. The lowest BCUT2D eigenvalue weighted by molar-refractivity contribution is 0.282. The Morgan fingerprint density at radius 3 is 2.50 bits per heavy atom. The van der Waals surface area contributed by atoms with Gasteiger partial charge in [-0.25, -0.2) is 13.1 Å². The molecule has 0 aliphatic rings. The summed E-state index contributed by atoms with van der Waals surface area (Å²) in [5.74, 6) is 0.569. The molecular formula is C12H21NO3S2. The summed E-state index contributed by atoms with van der Waals surface area (Å²) in [7, 11) is -3.44. The lowest BCUT2D eigenvalue weighted by atomic mass is 10.1. The molecule has 0 aromatic carbocycles. The highest BCUT2D eigenvalue weighted by atomic mass is 32.2. The van der Waals surface area contributed by atoms with Gasteiger partial charge in [0.2, 0.25) is 10.0 Å². The Balaban J connectivity index is 2.64. The number of hydrogen-bond acceptors (Lipinski definition) is 4. The molecule has 0 spiro atoms. The van der Waals surface area contributed by atoms with Crippen molar-refractivity contribution in [1.29, 1.82) is 0 Å². The van der Waals surface area contributed by atoms with Crippen LogP contribution in [-0.2, 0) is 16.6 Å². The van der Waals surface area contributed by atoms with Crippen molar-refractivity contribution < 1.29 is 13.5 Å². The van der Waals surface area contributed by atoms with Crippen LogP contribution in [0.2, 0.25) is 0 Å². The zero-order valence-electron chi connectivity index (χ0n) is 11.0. The van der Waals surface area contributed by atoms with Crippen molar-refractivity contribution in [2.24, 2.45) is 5.92 Å². The van der Waals surface area contributed by atoms with Gasteiger partial charge in [-0.3, -0.25) is 0 Å². The van der Waals surface area contributed by atoms with Crippen LogP contribution in [0.5, 0.6) is 0 Å². The second-order valence-electron chi connectivity index (χ2n) is 4.93. The van der Waals surface area contributed by atoms with Crippen molar-refractivity contribution in [2.45, 2.75) is 50.5 Å². The Morgan fingerprint density at radius 2 is 2.00 bits per heavy atom. The molecule has 1 heterocycles.